The summed E-state index contributed by atoms with van der Waals surface area (Å²) in [7, 11) is -5.30. The molecule has 1 unspecified atom stereocenters. The topological polar surface area (TPSA) is 95.6 Å². The van der Waals surface area contributed by atoms with Gasteiger partial charge in [-0.3, -0.25) is 0 Å². The summed E-state index contributed by atoms with van der Waals surface area (Å²) in [6.07, 6.45) is 1.02. The van der Waals surface area contributed by atoms with E-state index in [2.05, 4.69) is 10.0 Å². The molecule has 1 heterocycles. The molecule has 2 N–H and O–H groups in total. The van der Waals surface area contributed by atoms with Gasteiger partial charge in [-0.25, -0.2) is 8.42 Å². The molecular weight excluding hydrogens is 314 g/mol. The fourth-order valence-electron chi connectivity index (χ4n) is 2.29. The van der Waals surface area contributed by atoms with Gasteiger partial charge in [-0.1, -0.05) is 13.8 Å². The van der Waals surface area contributed by atoms with Crippen molar-refractivity contribution in [2.45, 2.75) is 45.2 Å². The van der Waals surface area contributed by atoms with E-state index in [4.69, 9.17) is 0 Å². The molecule has 0 aromatic rings. The molecule has 1 rings (SSSR count). The van der Waals surface area contributed by atoms with Crippen LogP contribution in [0.15, 0.2) is 0 Å². The number of nitrogens with zero attached hydrogens (tertiary/aromatic N) is 1. The third-order valence-corrected chi connectivity index (χ3v) is 7.15. The fourth-order valence-corrected chi connectivity index (χ4v) is 5.80. The Bertz CT molecular complexity index is 545. The van der Waals surface area contributed by atoms with Gasteiger partial charge in [-0.2, -0.15) is 17.4 Å². The van der Waals surface area contributed by atoms with E-state index in [1.807, 2.05) is 13.8 Å². The minimum atomic E-state index is -3.66. The van der Waals surface area contributed by atoms with E-state index in [1.165, 1.54) is 11.4 Å². The molecule has 1 aliphatic rings. The van der Waals surface area contributed by atoms with Crippen molar-refractivity contribution in [3.05, 3.63) is 0 Å². The first-order chi connectivity index (χ1) is 9.46. The summed E-state index contributed by atoms with van der Waals surface area (Å²) in [5.41, 5.74) is -0.901. The van der Waals surface area contributed by atoms with Gasteiger partial charge in [0.25, 0.3) is 10.2 Å². The highest BCUT2D eigenvalue weighted by Crippen LogP contribution is 2.24. The number of sulfone groups is 1. The molecule has 1 fully saturated rings. The first-order valence-corrected chi connectivity index (χ1v) is 10.4. The second-order valence-corrected chi connectivity index (χ2v) is 10.3. The Labute approximate surface area is 128 Å². The molecule has 0 aliphatic carbocycles. The van der Waals surface area contributed by atoms with Gasteiger partial charge < -0.3 is 5.32 Å². The highest BCUT2D eigenvalue weighted by Gasteiger charge is 2.41. The second kappa shape index (κ2) is 6.91. The Kier molecular flexibility index (Phi) is 6.19. The van der Waals surface area contributed by atoms with E-state index < -0.39 is 25.6 Å². The Morgan fingerprint density at radius 2 is 1.95 bits per heavy atom. The molecule has 0 spiro atoms. The van der Waals surface area contributed by atoms with E-state index in [1.54, 1.807) is 6.92 Å². The zero-order valence-electron chi connectivity index (χ0n) is 13.2. The van der Waals surface area contributed by atoms with E-state index in [0.717, 1.165) is 6.54 Å². The van der Waals surface area contributed by atoms with Gasteiger partial charge in [0.2, 0.25) is 0 Å². The van der Waals surface area contributed by atoms with Crippen molar-refractivity contribution in [3.63, 3.8) is 0 Å². The maximum atomic E-state index is 12.2. The van der Waals surface area contributed by atoms with Gasteiger partial charge in [0, 0.05) is 25.2 Å². The Morgan fingerprint density at radius 1 is 1.33 bits per heavy atom. The summed E-state index contributed by atoms with van der Waals surface area (Å²) in [5, 5.41) is 3.22. The third kappa shape index (κ3) is 6.19. The lowest BCUT2D eigenvalue weighted by molar-refractivity contribution is 0.403. The molecule has 0 aromatic carbocycles. The van der Waals surface area contributed by atoms with Gasteiger partial charge in [-0.15, -0.1) is 0 Å². The summed E-state index contributed by atoms with van der Waals surface area (Å²) in [5.74, 6) is -0.101. The van der Waals surface area contributed by atoms with E-state index in [0.29, 0.717) is 25.4 Å². The van der Waals surface area contributed by atoms with Crippen molar-refractivity contribution >= 4 is 20.0 Å². The van der Waals surface area contributed by atoms with E-state index >= 15 is 0 Å². The molecule has 0 saturated carbocycles. The first kappa shape index (κ1) is 18.8. The van der Waals surface area contributed by atoms with Crippen molar-refractivity contribution in [1.29, 1.82) is 0 Å². The molecule has 126 valence electrons. The monoisotopic (exact) mass is 341 g/mol. The summed E-state index contributed by atoms with van der Waals surface area (Å²) >= 11 is 0. The molecular formula is C12H27N3O4S2. The van der Waals surface area contributed by atoms with Crippen molar-refractivity contribution in [1.82, 2.24) is 14.3 Å². The summed E-state index contributed by atoms with van der Waals surface area (Å²) in [4.78, 5) is 0. The minimum absolute atomic E-state index is 0.0358. The van der Waals surface area contributed by atoms with E-state index in [9.17, 15) is 16.8 Å². The largest absolute Gasteiger partial charge is 0.314 e. The normalized spacial score (nSPS) is 25.8. The highest BCUT2D eigenvalue weighted by molar-refractivity contribution is 7.92. The Morgan fingerprint density at radius 3 is 2.43 bits per heavy atom. The lowest BCUT2D eigenvalue weighted by Crippen LogP contribution is -2.52. The average molecular weight is 341 g/mol. The maximum Gasteiger partial charge on any atom is 0.279 e. The van der Waals surface area contributed by atoms with Gasteiger partial charge in [0.15, 0.2) is 9.84 Å². The predicted molar refractivity (Wildman–Crippen MR) is 84.1 cm³/mol. The molecule has 7 nitrogen and oxygen atoms in total. The van der Waals surface area contributed by atoms with Crippen LogP contribution in [0.1, 0.15) is 33.6 Å². The van der Waals surface area contributed by atoms with Gasteiger partial charge in [-0.05, 0) is 26.3 Å². The summed E-state index contributed by atoms with van der Waals surface area (Å²) in [6.45, 7) is 6.83. The molecule has 1 saturated heterocycles. The zero-order chi connectivity index (χ0) is 16.3. The van der Waals surface area contributed by atoms with Crippen LogP contribution in [-0.2, 0) is 20.0 Å². The predicted octanol–water partition coefficient (Wildman–Crippen LogP) is -0.282. The first-order valence-electron chi connectivity index (χ1n) is 7.15. The lowest BCUT2D eigenvalue weighted by atomic mass is 10.0. The van der Waals surface area contributed by atoms with Gasteiger partial charge in [0.1, 0.15) is 0 Å². The lowest BCUT2D eigenvalue weighted by Gasteiger charge is -2.27. The molecule has 0 aromatic heterocycles. The molecule has 0 amide bonds. The van der Waals surface area contributed by atoms with Crippen LogP contribution in [0.25, 0.3) is 0 Å². The number of hydrogen-bond donors (Lipinski definition) is 2. The van der Waals surface area contributed by atoms with Crippen LogP contribution in [0, 0.1) is 0 Å². The molecule has 0 radical (unpaired) electrons. The van der Waals surface area contributed by atoms with Crippen molar-refractivity contribution in [2.24, 2.45) is 0 Å². The van der Waals surface area contributed by atoms with Crippen LogP contribution < -0.4 is 10.0 Å². The standard InChI is InChI=1S/C12H27N3O4S2/c1-11(2)13-7-5-8-15(4)21(18,19)14-12(3)6-9-20(16,17)10-12/h11,13-14H,5-10H2,1-4H3. The Hall–Kier alpha value is -0.220. The number of hydrogen-bond acceptors (Lipinski definition) is 5. The van der Waals surface area contributed by atoms with Crippen molar-refractivity contribution in [2.75, 3.05) is 31.6 Å². The van der Waals surface area contributed by atoms with Gasteiger partial charge >= 0.3 is 0 Å². The molecule has 21 heavy (non-hydrogen) atoms. The van der Waals surface area contributed by atoms with E-state index in [-0.39, 0.29) is 11.5 Å². The fraction of sp³-hybridized carbons (Fsp3) is 1.00. The zero-order valence-corrected chi connectivity index (χ0v) is 14.8. The Balaban J connectivity index is 2.53. The maximum absolute atomic E-state index is 12.2. The smallest absolute Gasteiger partial charge is 0.279 e. The molecule has 9 heteroatoms. The second-order valence-electron chi connectivity index (χ2n) is 6.29. The molecule has 1 atom stereocenters. The summed E-state index contributed by atoms with van der Waals surface area (Å²) in [6, 6.07) is 0.368. The van der Waals surface area contributed by atoms with Crippen LogP contribution in [-0.4, -0.2) is 64.4 Å². The van der Waals surface area contributed by atoms with Crippen LogP contribution in [0.5, 0.6) is 0 Å². The van der Waals surface area contributed by atoms with Crippen molar-refractivity contribution < 1.29 is 16.8 Å². The number of nitrogens with one attached hydrogen (secondary N) is 2. The van der Waals surface area contributed by atoms with Gasteiger partial charge in [0.05, 0.1) is 11.5 Å². The highest BCUT2D eigenvalue weighted by atomic mass is 32.2. The minimum Gasteiger partial charge on any atom is -0.314 e. The summed E-state index contributed by atoms with van der Waals surface area (Å²) < 4.78 is 51.3. The number of rotatable bonds is 8. The molecule has 0 bridgehead atoms. The SMILES string of the molecule is CC(C)NCCCN(C)S(=O)(=O)NC1(C)CCS(=O)(=O)C1. The van der Waals surface area contributed by atoms with Crippen LogP contribution in [0.3, 0.4) is 0 Å². The quantitative estimate of drug-likeness (QED) is 0.592. The third-order valence-electron chi connectivity index (χ3n) is 3.49. The van der Waals surface area contributed by atoms with Crippen LogP contribution in [0.4, 0.5) is 0 Å². The molecule has 1 aliphatic heterocycles. The van der Waals surface area contributed by atoms with Crippen LogP contribution >= 0.6 is 0 Å². The van der Waals surface area contributed by atoms with Crippen LogP contribution in [0.2, 0.25) is 0 Å². The van der Waals surface area contributed by atoms with Crippen molar-refractivity contribution in [3.8, 4) is 0 Å². The average Bonchev–Trinajstić information content (AvgIpc) is 2.57.